The van der Waals surface area contributed by atoms with Gasteiger partial charge in [-0.25, -0.2) is 0 Å². The molecule has 0 aliphatic carbocycles. The van der Waals surface area contributed by atoms with Crippen LogP contribution in [0.25, 0.3) is 0 Å². The van der Waals surface area contributed by atoms with Crippen LogP contribution in [0.4, 0.5) is 0 Å². The molecule has 0 aromatic carbocycles. The van der Waals surface area contributed by atoms with Crippen LogP contribution in [0.2, 0.25) is 0 Å². The van der Waals surface area contributed by atoms with E-state index in [-0.39, 0.29) is 6.10 Å². The molecule has 1 N–H and O–H groups in total. The molecule has 3 heteroatoms. The van der Waals surface area contributed by atoms with E-state index in [4.69, 9.17) is 0 Å². The van der Waals surface area contributed by atoms with E-state index < -0.39 is 0 Å². The van der Waals surface area contributed by atoms with E-state index in [0.29, 0.717) is 0 Å². The summed E-state index contributed by atoms with van der Waals surface area (Å²) in [6.45, 7) is 11.9. The number of nitrogens with zero attached hydrogens (tertiary/aromatic N) is 2. The number of unbranched alkanes of at least 4 members (excludes halogenated alkanes) is 3. The van der Waals surface area contributed by atoms with E-state index in [9.17, 15) is 5.11 Å². The lowest BCUT2D eigenvalue weighted by Crippen LogP contribution is -2.46. The Morgan fingerprint density at radius 3 is 2.11 bits per heavy atom. The fraction of sp³-hybridized carbons (Fsp3) is 1.00. The van der Waals surface area contributed by atoms with E-state index in [2.05, 4.69) is 23.6 Å². The predicted molar refractivity (Wildman–Crippen MR) is 82.6 cm³/mol. The van der Waals surface area contributed by atoms with Gasteiger partial charge in [-0.1, -0.05) is 39.5 Å². The molecule has 1 atom stereocenters. The highest BCUT2D eigenvalue weighted by Crippen LogP contribution is 2.10. The maximum atomic E-state index is 9.77. The van der Waals surface area contributed by atoms with Gasteiger partial charge in [0.1, 0.15) is 0 Å². The number of likely N-dealkylation sites (N-methyl/N-ethyl adjacent to an activating group) is 1. The quantitative estimate of drug-likeness (QED) is 0.618. The summed E-state index contributed by atoms with van der Waals surface area (Å²) in [5.74, 6) is 0. The topological polar surface area (TPSA) is 26.7 Å². The zero-order valence-electron chi connectivity index (χ0n) is 13.1. The molecule has 0 spiro atoms. The van der Waals surface area contributed by atoms with Crippen molar-refractivity contribution in [3.05, 3.63) is 0 Å². The van der Waals surface area contributed by atoms with E-state index in [0.717, 1.165) is 12.8 Å². The summed E-state index contributed by atoms with van der Waals surface area (Å²) in [7, 11) is 0. The SMILES string of the molecule is CCCC[C@@H](O)CCCCCN1CCN(CC)CC1. The Labute approximate surface area is 120 Å². The zero-order valence-corrected chi connectivity index (χ0v) is 13.1. The van der Waals surface area contributed by atoms with Crippen LogP contribution < -0.4 is 0 Å². The third-order valence-electron chi connectivity index (χ3n) is 4.31. The first-order valence-corrected chi connectivity index (χ1v) is 8.39. The molecule has 1 saturated heterocycles. The highest BCUT2D eigenvalue weighted by atomic mass is 16.3. The third-order valence-corrected chi connectivity index (χ3v) is 4.31. The number of aliphatic hydroxyl groups excluding tert-OH is 1. The highest BCUT2D eigenvalue weighted by molar-refractivity contribution is 4.70. The Morgan fingerprint density at radius 1 is 0.842 bits per heavy atom. The van der Waals surface area contributed by atoms with Gasteiger partial charge in [0.15, 0.2) is 0 Å². The monoisotopic (exact) mass is 270 g/mol. The Balaban J connectivity index is 1.91. The summed E-state index contributed by atoms with van der Waals surface area (Å²) >= 11 is 0. The van der Waals surface area contributed by atoms with Crippen molar-refractivity contribution >= 4 is 0 Å². The predicted octanol–water partition coefficient (Wildman–Crippen LogP) is 2.74. The van der Waals surface area contributed by atoms with E-state index in [1.165, 1.54) is 71.4 Å². The normalized spacial score (nSPS) is 19.7. The zero-order chi connectivity index (χ0) is 13.9. The van der Waals surface area contributed by atoms with E-state index in [1.807, 2.05) is 0 Å². The summed E-state index contributed by atoms with van der Waals surface area (Å²) in [6.07, 6.45) is 8.08. The van der Waals surface area contributed by atoms with Gasteiger partial charge >= 0.3 is 0 Å². The van der Waals surface area contributed by atoms with Crippen molar-refractivity contribution in [1.82, 2.24) is 9.80 Å². The molecule has 114 valence electrons. The van der Waals surface area contributed by atoms with Crippen molar-refractivity contribution in [3.8, 4) is 0 Å². The minimum absolute atomic E-state index is 0.0481. The molecule has 0 radical (unpaired) electrons. The third kappa shape index (κ3) is 7.91. The van der Waals surface area contributed by atoms with Crippen LogP contribution in [-0.2, 0) is 0 Å². The Morgan fingerprint density at radius 2 is 1.47 bits per heavy atom. The smallest absolute Gasteiger partial charge is 0.0540 e. The van der Waals surface area contributed by atoms with Crippen LogP contribution in [0.5, 0.6) is 0 Å². The van der Waals surface area contributed by atoms with Gasteiger partial charge in [0.25, 0.3) is 0 Å². The van der Waals surface area contributed by atoms with E-state index in [1.54, 1.807) is 0 Å². The molecule has 0 bridgehead atoms. The summed E-state index contributed by atoms with van der Waals surface area (Å²) in [4.78, 5) is 5.13. The van der Waals surface area contributed by atoms with Crippen molar-refractivity contribution < 1.29 is 5.11 Å². The van der Waals surface area contributed by atoms with Gasteiger partial charge in [0.2, 0.25) is 0 Å². The average molecular weight is 270 g/mol. The lowest BCUT2D eigenvalue weighted by Gasteiger charge is -2.34. The fourth-order valence-electron chi connectivity index (χ4n) is 2.81. The molecule has 1 aliphatic heterocycles. The van der Waals surface area contributed by atoms with Crippen molar-refractivity contribution in [1.29, 1.82) is 0 Å². The van der Waals surface area contributed by atoms with Crippen LogP contribution in [0.3, 0.4) is 0 Å². The van der Waals surface area contributed by atoms with Crippen LogP contribution in [0.1, 0.15) is 58.8 Å². The van der Waals surface area contributed by atoms with Gasteiger partial charge in [0, 0.05) is 26.2 Å². The maximum absolute atomic E-state index is 9.77. The van der Waals surface area contributed by atoms with E-state index >= 15 is 0 Å². The molecule has 1 fully saturated rings. The van der Waals surface area contributed by atoms with Gasteiger partial charge < -0.3 is 14.9 Å². The Bertz CT molecular complexity index is 203. The van der Waals surface area contributed by atoms with Gasteiger partial charge in [-0.3, -0.25) is 0 Å². The first-order chi connectivity index (χ1) is 9.26. The Hall–Kier alpha value is -0.120. The fourth-order valence-corrected chi connectivity index (χ4v) is 2.81. The minimum Gasteiger partial charge on any atom is -0.393 e. The summed E-state index contributed by atoms with van der Waals surface area (Å²) in [5, 5.41) is 9.77. The lowest BCUT2D eigenvalue weighted by molar-refractivity contribution is 0.132. The average Bonchev–Trinajstić information content (AvgIpc) is 2.45. The minimum atomic E-state index is -0.0481. The highest BCUT2D eigenvalue weighted by Gasteiger charge is 2.14. The number of piperazine rings is 1. The molecule has 19 heavy (non-hydrogen) atoms. The van der Waals surface area contributed by atoms with Crippen LogP contribution in [0.15, 0.2) is 0 Å². The largest absolute Gasteiger partial charge is 0.393 e. The van der Waals surface area contributed by atoms with Crippen molar-refractivity contribution in [2.24, 2.45) is 0 Å². The van der Waals surface area contributed by atoms with Crippen LogP contribution in [-0.4, -0.2) is 60.3 Å². The molecule has 0 amide bonds. The molecule has 1 aliphatic rings. The van der Waals surface area contributed by atoms with Crippen molar-refractivity contribution in [2.45, 2.75) is 64.9 Å². The first-order valence-electron chi connectivity index (χ1n) is 8.39. The summed E-state index contributed by atoms with van der Waals surface area (Å²) in [6, 6.07) is 0. The molecule has 1 heterocycles. The van der Waals surface area contributed by atoms with Crippen LogP contribution in [0, 0.1) is 0 Å². The molecular weight excluding hydrogens is 236 g/mol. The number of aliphatic hydroxyl groups is 1. The Kier molecular flexibility index (Phi) is 9.48. The number of hydrogen-bond acceptors (Lipinski definition) is 3. The maximum Gasteiger partial charge on any atom is 0.0540 e. The van der Waals surface area contributed by atoms with Gasteiger partial charge in [-0.05, 0) is 32.4 Å². The van der Waals surface area contributed by atoms with Crippen molar-refractivity contribution in [3.63, 3.8) is 0 Å². The summed E-state index contributed by atoms with van der Waals surface area (Å²) in [5.41, 5.74) is 0. The molecule has 3 nitrogen and oxygen atoms in total. The number of rotatable bonds is 10. The van der Waals surface area contributed by atoms with Gasteiger partial charge in [0.05, 0.1) is 6.10 Å². The number of hydrogen-bond donors (Lipinski definition) is 1. The molecule has 0 saturated carbocycles. The molecule has 0 aromatic heterocycles. The summed E-state index contributed by atoms with van der Waals surface area (Å²) < 4.78 is 0. The second kappa shape index (κ2) is 10.6. The van der Waals surface area contributed by atoms with Crippen LogP contribution >= 0.6 is 0 Å². The second-order valence-electron chi connectivity index (χ2n) is 5.92. The second-order valence-corrected chi connectivity index (χ2v) is 5.92. The molecule has 1 rings (SSSR count). The van der Waals surface area contributed by atoms with Gasteiger partial charge in [-0.15, -0.1) is 0 Å². The standard InChI is InChI=1S/C16H34N2O/c1-3-5-9-16(19)10-7-6-8-11-18-14-12-17(4-2)13-15-18/h16,19H,3-15H2,1-2H3/t16-/m1/s1. The molecule has 0 aromatic rings. The molecular formula is C16H34N2O. The van der Waals surface area contributed by atoms with Gasteiger partial charge in [-0.2, -0.15) is 0 Å². The molecule has 0 unspecified atom stereocenters. The lowest BCUT2D eigenvalue weighted by atomic mass is 10.1. The van der Waals surface area contributed by atoms with Crippen molar-refractivity contribution in [2.75, 3.05) is 39.3 Å². The first kappa shape index (κ1) is 16.9.